The number of terminal acetylenes is 1. The topological polar surface area (TPSA) is 78.4 Å². The fourth-order valence-corrected chi connectivity index (χ4v) is 3.05. The number of nitrogens with one attached hydrogen (secondary N) is 1. The first-order valence-corrected chi connectivity index (χ1v) is 8.93. The summed E-state index contributed by atoms with van der Waals surface area (Å²) in [5.74, 6) is 5.30. The lowest BCUT2D eigenvalue weighted by Gasteiger charge is -2.15. The van der Waals surface area contributed by atoms with Crippen LogP contribution in [0.5, 0.6) is 17.2 Å². The van der Waals surface area contributed by atoms with Gasteiger partial charge in [0.15, 0.2) is 16.7 Å². The lowest BCUT2D eigenvalue weighted by atomic mass is 10.2. The molecule has 0 amide bonds. The van der Waals surface area contributed by atoms with Gasteiger partial charge in [-0.05, 0) is 6.07 Å². The molecule has 0 radical (unpaired) electrons. The van der Waals surface area contributed by atoms with Gasteiger partial charge in [-0.25, -0.2) is 9.97 Å². The Bertz CT molecular complexity index is 979. The first-order chi connectivity index (χ1) is 13.2. The number of fused-ring (bicyclic) bond motifs is 1. The minimum Gasteiger partial charge on any atom is -0.493 e. The molecule has 3 aromatic rings. The third-order valence-electron chi connectivity index (χ3n) is 3.69. The Hall–Kier alpha value is -3.18. The molecule has 3 rings (SSSR count). The summed E-state index contributed by atoms with van der Waals surface area (Å²) in [5, 5.41) is 4.71. The highest BCUT2D eigenvalue weighted by molar-refractivity contribution is 7.99. The van der Waals surface area contributed by atoms with E-state index in [-0.39, 0.29) is 0 Å². The molecule has 0 saturated carbocycles. The second-order valence-electron chi connectivity index (χ2n) is 5.28. The van der Waals surface area contributed by atoms with Gasteiger partial charge in [0.1, 0.15) is 5.82 Å². The third kappa shape index (κ3) is 3.99. The number of benzene rings is 1. The number of nitrogens with zero attached hydrogens (tertiary/aromatic N) is 3. The minimum atomic E-state index is 0.482. The molecule has 0 aliphatic heterocycles. The first kappa shape index (κ1) is 18.6. The molecule has 0 aliphatic carbocycles. The zero-order valence-corrected chi connectivity index (χ0v) is 16.0. The molecule has 1 N–H and O–H groups in total. The van der Waals surface area contributed by atoms with Gasteiger partial charge in [-0.15, -0.1) is 6.42 Å². The lowest BCUT2D eigenvalue weighted by Crippen LogP contribution is -2.01. The standard InChI is InChI=1S/C19H18N4O3S/c1-5-8-27-19-22-14-11-20-7-6-13(14)18(23-19)21-12-9-15(24-2)17(26-4)16(10-12)25-3/h1,6-7,9-11H,8H2,2-4H3,(H,21,22,23). The van der Waals surface area contributed by atoms with Crippen LogP contribution in [0.3, 0.4) is 0 Å². The molecule has 0 saturated heterocycles. The smallest absolute Gasteiger partial charge is 0.203 e. The van der Waals surface area contributed by atoms with Crippen molar-refractivity contribution in [3.05, 3.63) is 30.6 Å². The van der Waals surface area contributed by atoms with Crippen LogP contribution in [-0.4, -0.2) is 42.0 Å². The number of pyridine rings is 1. The van der Waals surface area contributed by atoms with Gasteiger partial charge in [0.05, 0.1) is 38.8 Å². The maximum absolute atomic E-state index is 5.41. The summed E-state index contributed by atoms with van der Waals surface area (Å²) >= 11 is 1.39. The number of thioether (sulfide) groups is 1. The molecule has 8 heteroatoms. The Morgan fingerprint density at radius 1 is 1.11 bits per heavy atom. The normalized spacial score (nSPS) is 10.3. The van der Waals surface area contributed by atoms with Crippen molar-refractivity contribution in [2.24, 2.45) is 0 Å². The van der Waals surface area contributed by atoms with Crippen LogP contribution in [0.1, 0.15) is 0 Å². The van der Waals surface area contributed by atoms with Gasteiger partial charge in [0, 0.05) is 29.4 Å². The zero-order chi connectivity index (χ0) is 19.2. The van der Waals surface area contributed by atoms with E-state index in [0.29, 0.717) is 34.0 Å². The maximum Gasteiger partial charge on any atom is 0.203 e. The van der Waals surface area contributed by atoms with Crippen molar-refractivity contribution in [2.75, 3.05) is 32.4 Å². The molecule has 0 fully saturated rings. The molecule has 1 aromatic carbocycles. The number of ether oxygens (including phenoxy) is 3. The summed E-state index contributed by atoms with van der Waals surface area (Å²) in [7, 11) is 4.70. The number of hydrogen-bond donors (Lipinski definition) is 1. The molecule has 0 aliphatic rings. The van der Waals surface area contributed by atoms with E-state index in [1.807, 2.05) is 18.2 Å². The fourth-order valence-electron chi connectivity index (χ4n) is 2.52. The van der Waals surface area contributed by atoms with Crippen molar-refractivity contribution >= 4 is 34.2 Å². The van der Waals surface area contributed by atoms with E-state index in [1.165, 1.54) is 11.8 Å². The monoisotopic (exact) mass is 382 g/mol. The van der Waals surface area contributed by atoms with E-state index in [1.54, 1.807) is 33.7 Å². The molecular formula is C19H18N4O3S. The predicted octanol–water partition coefficient (Wildman–Crippen LogP) is 3.52. The Morgan fingerprint density at radius 2 is 1.85 bits per heavy atom. The quantitative estimate of drug-likeness (QED) is 0.378. The zero-order valence-electron chi connectivity index (χ0n) is 15.1. The third-order valence-corrected chi connectivity index (χ3v) is 4.44. The highest BCUT2D eigenvalue weighted by atomic mass is 32.2. The van der Waals surface area contributed by atoms with Crippen LogP contribution in [0, 0.1) is 12.3 Å². The van der Waals surface area contributed by atoms with Gasteiger partial charge in [-0.3, -0.25) is 4.98 Å². The average molecular weight is 382 g/mol. The second kappa shape index (κ2) is 8.47. The van der Waals surface area contributed by atoms with E-state index in [2.05, 4.69) is 26.2 Å². The van der Waals surface area contributed by atoms with Crippen LogP contribution < -0.4 is 19.5 Å². The number of hydrogen-bond acceptors (Lipinski definition) is 8. The first-order valence-electron chi connectivity index (χ1n) is 7.95. The van der Waals surface area contributed by atoms with Gasteiger partial charge < -0.3 is 19.5 Å². The van der Waals surface area contributed by atoms with Gasteiger partial charge in [-0.2, -0.15) is 0 Å². The van der Waals surface area contributed by atoms with Gasteiger partial charge in [-0.1, -0.05) is 17.7 Å². The van der Waals surface area contributed by atoms with Gasteiger partial charge in [0.2, 0.25) is 5.75 Å². The molecule has 2 heterocycles. The van der Waals surface area contributed by atoms with E-state index in [9.17, 15) is 0 Å². The molecule has 0 unspecified atom stereocenters. The lowest BCUT2D eigenvalue weighted by molar-refractivity contribution is 0.324. The fraction of sp³-hybridized carbons (Fsp3) is 0.211. The highest BCUT2D eigenvalue weighted by Crippen LogP contribution is 2.41. The SMILES string of the molecule is C#CCSc1nc(Nc2cc(OC)c(OC)c(OC)c2)c2ccncc2n1. The van der Waals surface area contributed by atoms with E-state index >= 15 is 0 Å². The van der Waals surface area contributed by atoms with Crippen LogP contribution >= 0.6 is 11.8 Å². The van der Waals surface area contributed by atoms with Crippen LogP contribution in [-0.2, 0) is 0 Å². The molecule has 0 spiro atoms. The summed E-state index contributed by atoms with van der Waals surface area (Å²) in [6, 6.07) is 5.47. The van der Waals surface area contributed by atoms with Crippen molar-refractivity contribution in [1.29, 1.82) is 0 Å². The molecular weight excluding hydrogens is 364 g/mol. The average Bonchev–Trinajstić information content (AvgIpc) is 2.71. The Labute approximate surface area is 161 Å². The molecule has 2 aromatic heterocycles. The van der Waals surface area contributed by atoms with Crippen LogP contribution in [0.25, 0.3) is 10.9 Å². The molecule has 0 bridgehead atoms. The summed E-state index contributed by atoms with van der Waals surface area (Å²) < 4.78 is 16.2. The van der Waals surface area contributed by atoms with Crippen LogP contribution in [0.4, 0.5) is 11.5 Å². The molecule has 138 valence electrons. The van der Waals surface area contributed by atoms with E-state index < -0.39 is 0 Å². The van der Waals surface area contributed by atoms with Crippen molar-refractivity contribution < 1.29 is 14.2 Å². The summed E-state index contributed by atoms with van der Waals surface area (Å²) in [5.41, 5.74) is 1.45. The Morgan fingerprint density at radius 3 is 2.48 bits per heavy atom. The molecule has 0 atom stereocenters. The van der Waals surface area contributed by atoms with E-state index in [0.717, 1.165) is 16.6 Å². The number of rotatable bonds is 7. The van der Waals surface area contributed by atoms with E-state index in [4.69, 9.17) is 20.6 Å². The van der Waals surface area contributed by atoms with Crippen molar-refractivity contribution in [2.45, 2.75) is 5.16 Å². The Kier molecular flexibility index (Phi) is 5.84. The highest BCUT2D eigenvalue weighted by Gasteiger charge is 2.15. The van der Waals surface area contributed by atoms with Crippen molar-refractivity contribution in [1.82, 2.24) is 15.0 Å². The van der Waals surface area contributed by atoms with Crippen molar-refractivity contribution in [3.63, 3.8) is 0 Å². The van der Waals surface area contributed by atoms with Gasteiger partial charge >= 0.3 is 0 Å². The summed E-state index contributed by atoms with van der Waals surface area (Å²) in [4.78, 5) is 13.2. The van der Waals surface area contributed by atoms with Crippen LogP contribution in [0.2, 0.25) is 0 Å². The number of anilines is 2. The Balaban J connectivity index is 2.07. The maximum atomic E-state index is 5.41. The van der Waals surface area contributed by atoms with Gasteiger partial charge in [0.25, 0.3) is 0 Å². The van der Waals surface area contributed by atoms with Crippen molar-refractivity contribution in [3.8, 4) is 29.6 Å². The second-order valence-corrected chi connectivity index (χ2v) is 6.22. The predicted molar refractivity (Wildman–Crippen MR) is 106 cm³/mol. The molecule has 7 nitrogen and oxygen atoms in total. The summed E-state index contributed by atoms with van der Waals surface area (Å²) in [6.07, 6.45) is 8.73. The summed E-state index contributed by atoms with van der Waals surface area (Å²) in [6.45, 7) is 0. The minimum absolute atomic E-state index is 0.482. The molecule has 27 heavy (non-hydrogen) atoms. The number of aromatic nitrogens is 3. The number of methoxy groups -OCH3 is 3. The largest absolute Gasteiger partial charge is 0.493 e. The van der Waals surface area contributed by atoms with Crippen LogP contribution in [0.15, 0.2) is 35.7 Å².